The first kappa shape index (κ1) is 21.8. The van der Waals surface area contributed by atoms with Gasteiger partial charge in [-0.25, -0.2) is 0 Å². The fourth-order valence-corrected chi connectivity index (χ4v) is 4.08. The van der Waals surface area contributed by atoms with E-state index in [9.17, 15) is 0 Å². The van der Waals surface area contributed by atoms with Crippen LogP contribution in [0.2, 0.25) is 10.0 Å². The average Bonchev–Trinajstić information content (AvgIpc) is 3.40. The molecule has 0 atom stereocenters. The van der Waals surface area contributed by atoms with Crippen molar-refractivity contribution in [2.75, 3.05) is 13.7 Å². The first-order valence-electron chi connectivity index (χ1n) is 9.53. The van der Waals surface area contributed by atoms with Gasteiger partial charge in [-0.3, -0.25) is 0 Å². The lowest BCUT2D eigenvalue weighted by Gasteiger charge is -2.09. The van der Waals surface area contributed by atoms with Crippen molar-refractivity contribution in [1.82, 2.24) is 24.9 Å². The summed E-state index contributed by atoms with van der Waals surface area (Å²) in [6, 6.07) is 14.9. The number of hydrogen-bond donors (Lipinski definition) is 0. The Morgan fingerprint density at radius 1 is 1.03 bits per heavy atom. The minimum Gasteiger partial charge on any atom is -0.385 e. The van der Waals surface area contributed by atoms with Gasteiger partial charge in [-0.05, 0) is 42.8 Å². The highest BCUT2D eigenvalue weighted by atomic mass is 35.5. The third-order valence-electron chi connectivity index (χ3n) is 4.43. The van der Waals surface area contributed by atoms with E-state index in [1.807, 2.05) is 36.4 Å². The van der Waals surface area contributed by atoms with E-state index in [0.29, 0.717) is 34.1 Å². The molecule has 0 aliphatic carbocycles. The lowest BCUT2D eigenvalue weighted by Crippen LogP contribution is -2.05. The topological polar surface area (TPSA) is 78.9 Å². The van der Waals surface area contributed by atoms with Gasteiger partial charge in [-0.1, -0.05) is 52.3 Å². The monoisotopic (exact) mass is 475 g/mol. The van der Waals surface area contributed by atoms with Crippen LogP contribution in [-0.4, -0.2) is 38.6 Å². The molecule has 0 saturated heterocycles. The lowest BCUT2D eigenvalue weighted by atomic mass is 10.2. The van der Waals surface area contributed by atoms with E-state index in [-0.39, 0.29) is 0 Å². The van der Waals surface area contributed by atoms with Crippen LogP contribution < -0.4 is 0 Å². The largest absolute Gasteiger partial charge is 0.385 e. The van der Waals surface area contributed by atoms with Crippen molar-refractivity contribution >= 4 is 35.0 Å². The maximum absolute atomic E-state index is 6.05. The van der Waals surface area contributed by atoms with Crippen LogP contribution >= 0.6 is 35.0 Å². The van der Waals surface area contributed by atoms with E-state index in [0.717, 1.165) is 35.1 Å². The molecule has 4 rings (SSSR count). The predicted molar refractivity (Wildman–Crippen MR) is 121 cm³/mol. The molecule has 0 amide bonds. The van der Waals surface area contributed by atoms with Crippen LogP contribution in [0.4, 0.5) is 0 Å². The molecule has 0 unspecified atom stereocenters. The number of aromatic nitrogens is 5. The normalized spacial score (nSPS) is 11.2. The molecule has 4 aromatic rings. The second-order valence-electron chi connectivity index (χ2n) is 6.62. The summed E-state index contributed by atoms with van der Waals surface area (Å²) in [7, 11) is 1.69. The zero-order valence-electron chi connectivity index (χ0n) is 16.7. The molecule has 0 spiro atoms. The van der Waals surface area contributed by atoms with Gasteiger partial charge in [0.25, 0.3) is 0 Å². The van der Waals surface area contributed by atoms with Crippen LogP contribution in [0.25, 0.3) is 22.8 Å². The number of thioether (sulfide) groups is 1. The number of ether oxygens (including phenoxy) is 1. The number of hydrogen-bond acceptors (Lipinski definition) is 7. The summed E-state index contributed by atoms with van der Waals surface area (Å²) in [6.45, 7) is 1.37. The van der Waals surface area contributed by atoms with E-state index in [2.05, 4.69) is 24.9 Å². The molecule has 0 radical (unpaired) electrons. The molecule has 0 saturated carbocycles. The molecule has 10 heteroatoms. The molecule has 2 heterocycles. The smallest absolute Gasteiger partial charge is 0.237 e. The van der Waals surface area contributed by atoms with Crippen molar-refractivity contribution in [1.29, 1.82) is 0 Å². The molecule has 0 N–H and O–H groups in total. The highest BCUT2D eigenvalue weighted by Gasteiger charge is 2.16. The highest BCUT2D eigenvalue weighted by Crippen LogP contribution is 2.28. The molecular formula is C21H19Cl2N5O2S. The van der Waals surface area contributed by atoms with Crippen molar-refractivity contribution in [3.8, 4) is 22.8 Å². The van der Waals surface area contributed by atoms with Gasteiger partial charge < -0.3 is 13.8 Å². The van der Waals surface area contributed by atoms with Gasteiger partial charge in [0.15, 0.2) is 11.0 Å². The summed E-state index contributed by atoms with van der Waals surface area (Å²) < 4.78 is 12.7. The summed E-state index contributed by atoms with van der Waals surface area (Å²) in [6.07, 6.45) is 0.835. The lowest BCUT2D eigenvalue weighted by molar-refractivity contribution is 0.189. The first-order chi connectivity index (χ1) is 15.1. The number of methoxy groups -OCH3 is 1. The van der Waals surface area contributed by atoms with Crippen molar-refractivity contribution in [2.24, 2.45) is 0 Å². The van der Waals surface area contributed by atoms with Crippen LogP contribution in [0, 0.1) is 0 Å². The molecular weight excluding hydrogens is 457 g/mol. The molecule has 31 heavy (non-hydrogen) atoms. The van der Waals surface area contributed by atoms with Crippen molar-refractivity contribution in [3.05, 3.63) is 64.5 Å². The molecule has 7 nitrogen and oxygen atoms in total. The Morgan fingerprint density at radius 2 is 1.87 bits per heavy atom. The summed E-state index contributed by atoms with van der Waals surface area (Å²) >= 11 is 13.6. The zero-order chi connectivity index (χ0) is 21.6. The molecule has 0 aliphatic heterocycles. The van der Waals surface area contributed by atoms with E-state index < -0.39 is 0 Å². The molecule has 2 aromatic heterocycles. The number of nitrogens with zero attached hydrogens (tertiary/aromatic N) is 5. The van der Waals surface area contributed by atoms with Crippen LogP contribution in [0.1, 0.15) is 12.3 Å². The van der Waals surface area contributed by atoms with E-state index >= 15 is 0 Å². The van der Waals surface area contributed by atoms with Crippen molar-refractivity contribution < 1.29 is 9.26 Å². The summed E-state index contributed by atoms with van der Waals surface area (Å²) in [5.74, 6) is 2.25. The maximum atomic E-state index is 6.05. The zero-order valence-corrected chi connectivity index (χ0v) is 19.0. The van der Waals surface area contributed by atoms with Gasteiger partial charge in [-0.15, -0.1) is 10.2 Å². The Balaban J connectivity index is 1.52. The second kappa shape index (κ2) is 10.3. The molecule has 0 fully saturated rings. The SMILES string of the molecule is COCCCn1c(SCc2nc(-c3cccc(Cl)c3)no2)nnc1-c1ccc(Cl)cc1. The standard InChI is InChI=1S/C21H19Cl2N5O2S/c1-29-11-3-10-28-20(14-6-8-16(22)9-7-14)25-26-21(28)31-13-18-24-19(27-30-18)15-4-2-5-17(23)12-15/h2,4-9,12H,3,10-11,13H2,1H3. The summed E-state index contributed by atoms with van der Waals surface area (Å²) in [5, 5.41) is 14.9. The van der Waals surface area contributed by atoms with Gasteiger partial charge in [0.2, 0.25) is 11.7 Å². The first-order valence-corrected chi connectivity index (χ1v) is 11.3. The van der Waals surface area contributed by atoms with Gasteiger partial charge in [0, 0.05) is 41.4 Å². The van der Waals surface area contributed by atoms with Crippen LogP contribution in [-0.2, 0) is 17.0 Å². The summed E-state index contributed by atoms with van der Waals surface area (Å²) in [5.41, 5.74) is 1.75. The number of benzene rings is 2. The fourth-order valence-electron chi connectivity index (χ4n) is 2.96. The van der Waals surface area contributed by atoms with E-state index in [1.165, 1.54) is 11.8 Å². The third kappa shape index (κ3) is 5.46. The highest BCUT2D eigenvalue weighted by molar-refractivity contribution is 7.98. The minimum absolute atomic E-state index is 0.469. The molecule has 0 aliphatic rings. The predicted octanol–water partition coefficient (Wildman–Crippen LogP) is 5.63. The van der Waals surface area contributed by atoms with E-state index in [1.54, 1.807) is 19.2 Å². The Hall–Kier alpha value is -2.39. The quantitative estimate of drug-likeness (QED) is 0.229. The van der Waals surface area contributed by atoms with Crippen LogP contribution in [0.5, 0.6) is 0 Å². The van der Waals surface area contributed by atoms with Crippen molar-refractivity contribution in [2.45, 2.75) is 23.9 Å². The number of halogens is 2. The average molecular weight is 476 g/mol. The molecule has 0 bridgehead atoms. The van der Waals surface area contributed by atoms with Gasteiger partial charge in [0.1, 0.15) is 0 Å². The van der Waals surface area contributed by atoms with Crippen LogP contribution in [0.3, 0.4) is 0 Å². The number of rotatable bonds is 9. The van der Waals surface area contributed by atoms with Gasteiger partial charge in [-0.2, -0.15) is 4.98 Å². The van der Waals surface area contributed by atoms with Gasteiger partial charge >= 0.3 is 0 Å². The fraction of sp³-hybridized carbons (Fsp3) is 0.238. The summed E-state index contributed by atoms with van der Waals surface area (Å²) in [4.78, 5) is 4.47. The Labute approximate surface area is 193 Å². The maximum Gasteiger partial charge on any atom is 0.237 e. The Morgan fingerprint density at radius 3 is 2.65 bits per heavy atom. The Bertz CT molecular complexity index is 1150. The third-order valence-corrected chi connectivity index (χ3v) is 5.86. The molecule has 160 valence electrons. The second-order valence-corrected chi connectivity index (χ2v) is 8.44. The van der Waals surface area contributed by atoms with E-state index in [4.69, 9.17) is 32.5 Å². The minimum atomic E-state index is 0.469. The Kier molecular flexibility index (Phi) is 7.24. The van der Waals surface area contributed by atoms with Gasteiger partial charge in [0.05, 0.1) is 5.75 Å². The van der Waals surface area contributed by atoms with Crippen molar-refractivity contribution in [3.63, 3.8) is 0 Å². The molecule has 2 aromatic carbocycles. The van der Waals surface area contributed by atoms with Crippen LogP contribution in [0.15, 0.2) is 58.2 Å².